The van der Waals surface area contributed by atoms with Crippen molar-refractivity contribution in [2.75, 3.05) is 13.1 Å². The third kappa shape index (κ3) is 1.82. The summed E-state index contributed by atoms with van der Waals surface area (Å²) in [5.74, 6) is 0. The van der Waals surface area contributed by atoms with Crippen LogP contribution in [0.25, 0.3) is 0 Å². The summed E-state index contributed by atoms with van der Waals surface area (Å²) < 4.78 is 0. The maximum atomic E-state index is 11.1. The fraction of sp³-hybridized carbons (Fsp3) is 0.417. The molecule has 0 bridgehead atoms. The molecule has 0 radical (unpaired) electrons. The first-order valence-electron chi connectivity index (χ1n) is 5.34. The van der Waals surface area contributed by atoms with E-state index >= 15 is 0 Å². The first-order valence-corrected chi connectivity index (χ1v) is 5.34. The van der Waals surface area contributed by atoms with Crippen molar-refractivity contribution in [2.45, 2.75) is 18.8 Å². The minimum atomic E-state index is -0.0602. The van der Waals surface area contributed by atoms with Crippen molar-refractivity contribution >= 4 is 6.03 Å². The molecule has 1 saturated heterocycles. The van der Waals surface area contributed by atoms with E-state index in [2.05, 4.69) is 29.7 Å². The van der Waals surface area contributed by atoms with Gasteiger partial charge in [-0.25, -0.2) is 4.79 Å². The van der Waals surface area contributed by atoms with Gasteiger partial charge in [-0.1, -0.05) is 37.3 Å². The molecular formula is C12H16N2O. The molecule has 0 saturated carbocycles. The number of carbonyl (C=O) groups excluding carboxylic acids is 1. The second-order valence-corrected chi connectivity index (χ2v) is 4.04. The highest BCUT2D eigenvalue weighted by molar-refractivity contribution is 5.75. The molecule has 2 rings (SSSR count). The number of rotatable bonds is 2. The van der Waals surface area contributed by atoms with Crippen LogP contribution in [0, 0.1) is 0 Å². The third-order valence-electron chi connectivity index (χ3n) is 3.24. The molecule has 0 aliphatic carbocycles. The number of benzene rings is 1. The minimum Gasteiger partial charge on any atom is -0.337 e. The van der Waals surface area contributed by atoms with E-state index in [1.807, 2.05) is 18.2 Å². The van der Waals surface area contributed by atoms with Gasteiger partial charge in [0.15, 0.2) is 0 Å². The predicted molar refractivity (Wildman–Crippen MR) is 59.8 cm³/mol. The first-order chi connectivity index (χ1) is 7.27. The minimum absolute atomic E-state index is 0.0508. The van der Waals surface area contributed by atoms with Gasteiger partial charge in [0.1, 0.15) is 0 Å². The molecule has 2 amide bonds. The van der Waals surface area contributed by atoms with Crippen molar-refractivity contribution < 1.29 is 4.79 Å². The van der Waals surface area contributed by atoms with Gasteiger partial charge in [0, 0.05) is 18.5 Å². The summed E-state index contributed by atoms with van der Waals surface area (Å²) in [7, 11) is 0. The van der Waals surface area contributed by atoms with E-state index in [1.54, 1.807) is 0 Å². The molecule has 15 heavy (non-hydrogen) atoms. The molecule has 0 aromatic heterocycles. The molecule has 3 heteroatoms. The van der Waals surface area contributed by atoms with E-state index in [-0.39, 0.29) is 11.4 Å². The Hall–Kier alpha value is -1.51. The lowest BCUT2D eigenvalue weighted by Gasteiger charge is -2.37. The van der Waals surface area contributed by atoms with E-state index in [4.69, 9.17) is 0 Å². The van der Waals surface area contributed by atoms with Gasteiger partial charge in [-0.2, -0.15) is 0 Å². The van der Waals surface area contributed by atoms with Crippen molar-refractivity contribution in [3.8, 4) is 0 Å². The highest BCUT2D eigenvalue weighted by Gasteiger charge is 2.34. The largest absolute Gasteiger partial charge is 0.337 e. The zero-order valence-electron chi connectivity index (χ0n) is 8.92. The standard InChI is InChI=1S/C12H16N2O/c1-2-12(8-13-11(15)14-9-12)10-6-4-3-5-7-10/h3-7H,2,8-9H2,1H3,(H2,13,14,15). The van der Waals surface area contributed by atoms with Gasteiger partial charge in [0.05, 0.1) is 0 Å². The smallest absolute Gasteiger partial charge is 0.314 e. The first kappa shape index (κ1) is 10.0. The molecule has 0 unspecified atom stereocenters. The maximum Gasteiger partial charge on any atom is 0.314 e. The molecule has 1 aromatic carbocycles. The van der Waals surface area contributed by atoms with Gasteiger partial charge in [-0.15, -0.1) is 0 Å². The zero-order valence-corrected chi connectivity index (χ0v) is 8.92. The van der Waals surface area contributed by atoms with Crippen LogP contribution >= 0.6 is 0 Å². The van der Waals surface area contributed by atoms with Gasteiger partial charge in [0.25, 0.3) is 0 Å². The van der Waals surface area contributed by atoms with Gasteiger partial charge in [-0.3, -0.25) is 0 Å². The Balaban J connectivity index is 2.26. The molecule has 3 nitrogen and oxygen atoms in total. The summed E-state index contributed by atoms with van der Waals surface area (Å²) >= 11 is 0. The van der Waals surface area contributed by atoms with Crippen molar-refractivity contribution in [3.05, 3.63) is 35.9 Å². The van der Waals surface area contributed by atoms with Crippen LogP contribution in [0.2, 0.25) is 0 Å². The van der Waals surface area contributed by atoms with Crippen LogP contribution in [0.15, 0.2) is 30.3 Å². The molecular weight excluding hydrogens is 188 g/mol. The fourth-order valence-electron chi connectivity index (χ4n) is 2.07. The monoisotopic (exact) mass is 204 g/mol. The van der Waals surface area contributed by atoms with Crippen LogP contribution in [-0.4, -0.2) is 19.1 Å². The summed E-state index contributed by atoms with van der Waals surface area (Å²) in [6, 6.07) is 10.3. The Kier molecular flexibility index (Phi) is 2.62. The Morgan fingerprint density at radius 1 is 1.20 bits per heavy atom. The van der Waals surface area contributed by atoms with E-state index in [1.165, 1.54) is 5.56 Å². The number of hydrogen-bond donors (Lipinski definition) is 2. The van der Waals surface area contributed by atoms with Crippen LogP contribution in [0.4, 0.5) is 4.79 Å². The van der Waals surface area contributed by atoms with Crippen LogP contribution in [-0.2, 0) is 5.41 Å². The van der Waals surface area contributed by atoms with Crippen molar-refractivity contribution in [1.82, 2.24) is 10.6 Å². The Morgan fingerprint density at radius 3 is 2.33 bits per heavy atom. The van der Waals surface area contributed by atoms with Gasteiger partial charge >= 0.3 is 6.03 Å². The normalized spacial score (nSPS) is 19.1. The van der Waals surface area contributed by atoms with Crippen molar-refractivity contribution in [2.24, 2.45) is 0 Å². The topological polar surface area (TPSA) is 41.1 Å². The number of carbonyl (C=O) groups is 1. The lowest BCUT2D eigenvalue weighted by atomic mass is 9.77. The van der Waals surface area contributed by atoms with E-state index < -0.39 is 0 Å². The predicted octanol–water partition coefficient (Wildman–Crippen LogP) is 1.65. The number of hydrogen-bond acceptors (Lipinski definition) is 1. The molecule has 1 aromatic rings. The number of nitrogens with one attached hydrogen (secondary N) is 2. The fourth-order valence-corrected chi connectivity index (χ4v) is 2.07. The van der Waals surface area contributed by atoms with Gasteiger partial charge in [0.2, 0.25) is 0 Å². The Bertz CT molecular complexity index is 338. The van der Waals surface area contributed by atoms with Crippen LogP contribution < -0.4 is 10.6 Å². The lowest BCUT2D eigenvalue weighted by molar-refractivity contribution is 0.221. The number of urea groups is 1. The molecule has 1 heterocycles. The second-order valence-electron chi connectivity index (χ2n) is 4.04. The van der Waals surface area contributed by atoms with Gasteiger partial charge in [-0.05, 0) is 12.0 Å². The summed E-state index contributed by atoms with van der Waals surface area (Å²) in [5, 5.41) is 5.74. The van der Waals surface area contributed by atoms with Crippen LogP contribution in [0.5, 0.6) is 0 Å². The molecule has 0 atom stereocenters. The average Bonchev–Trinajstić information content (AvgIpc) is 2.32. The van der Waals surface area contributed by atoms with Crippen LogP contribution in [0.3, 0.4) is 0 Å². The van der Waals surface area contributed by atoms with Crippen molar-refractivity contribution in [3.63, 3.8) is 0 Å². The lowest BCUT2D eigenvalue weighted by Crippen LogP contribution is -2.56. The molecule has 2 N–H and O–H groups in total. The molecule has 80 valence electrons. The third-order valence-corrected chi connectivity index (χ3v) is 3.24. The quantitative estimate of drug-likeness (QED) is 0.755. The average molecular weight is 204 g/mol. The van der Waals surface area contributed by atoms with E-state index in [0.29, 0.717) is 0 Å². The molecule has 1 aliphatic heterocycles. The zero-order chi connectivity index (χ0) is 10.7. The summed E-state index contributed by atoms with van der Waals surface area (Å²) in [4.78, 5) is 11.1. The Morgan fingerprint density at radius 2 is 1.80 bits per heavy atom. The Labute approximate surface area is 89.9 Å². The molecule has 0 spiro atoms. The second kappa shape index (κ2) is 3.93. The SMILES string of the molecule is CCC1(c2ccccc2)CNC(=O)NC1. The highest BCUT2D eigenvalue weighted by Crippen LogP contribution is 2.27. The van der Waals surface area contributed by atoms with Gasteiger partial charge < -0.3 is 10.6 Å². The van der Waals surface area contributed by atoms with E-state index in [0.717, 1.165) is 19.5 Å². The summed E-state index contributed by atoms with van der Waals surface area (Å²) in [6.45, 7) is 3.60. The summed E-state index contributed by atoms with van der Waals surface area (Å²) in [6.07, 6.45) is 1.02. The highest BCUT2D eigenvalue weighted by atomic mass is 16.2. The van der Waals surface area contributed by atoms with Crippen molar-refractivity contribution in [1.29, 1.82) is 0 Å². The van der Waals surface area contributed by atoms with E-state index in [9.17, 15) is 4.79 Å². The summed E-state index contributed by atoms with van der Waals surface area (Å²) in [5.41, 5.74) is 1.34. The van der Waals surface area contributed by atoms with Crippen LogP contribution in [0.1, 0.15) is 18.9 Å². The molecule has 1 fully saturated rings. The maximum absolute atomic E-state index is 11.1. The number of amides is 2. The molecule has 1 aliphatic rings.